The predicted octanol–water partition coefficient (Wildman–Crippen LogP) is 2.84. The van der Waals surface area contributed by atoms with Crippen molar-refractivity contribution in [3.63, 3.8) is 0 Å². The first kappa shape index (κ1) is 14.9. The van der Waals surface area contributed by atoms with Crippen LogP contribution in [0.25, 0.3) is 0 Å². The molecular weight excluding hydrogens is 272 g/mol. The number of urea groups is 1. The molecule has 1 heterocycles. The lowest BCUT2D eigenvalue weighted by atomic mass is 10.0. The Kier molecular flexibility index (Phi) is 4.70. The zero-order chi connectivity index (χ0) is 14.7. The van der Waals surface area contributed by atoms with Gasteiger partial charge in [-0.3, -0.25) is 9.69 Å². The summed E-state index contributed by atoms with van der Waals surface area (Å²) in [7, 11) is 0. The maximum Gasteiger partial charge on any atom is 0.324 e. The molecule has 0 spiro atoms. The molecule has 1 saturated heterocycles. The lowest BCUT2D eigenvalue weighted by Crippen LogP contribution is -2.38. The van der Waals surface area contributed by atoms with E-state index in [-0.39, 0.29) is 17.2 Å². The van der Waals surface area contributed by atoms with E-state index in [2.05, 4.69) is 31.3 Å². The van der Waals surface area contributed by atoms with Gasteiger partial charge in [0, 0.05) is 18.0 Å². The Morgan fingerprint density at radius 2 is 1.90 bits per heavy atom. The molecule has 0 aromatic heterocycles. The number of hydrogen-bond donors (Lipinski definition) is 1. The lowest BCUT2D eigenvalue weighted by Gasteiger charge is -2.17. The van der Waals surface area contributed by atoms with Gasteiger partial charge in [-0.1, -0.05) is 26.0 Å². The summed E-state index contributed by atoms with van der Waals surface area (Å²) in [5.74, 6) is 0.374. The Morgan fingerprint density at radius 3 is 2.40 bits per heavy atom. The van der Waals surface area contributed by atoms with Gasteiger partial charge in [0.15, 0.2) is 0 Å². The molecule has 108 valence electrons. The van der Waals surface area contributed by atoms with Crippen LogP contribution in [-0.4, -0.2) is 35.2 Å². The minimum Gasteiger partial charge on any atom is -0.336 e. The third kappa shape index (κ3) is 3.33. The summed E-state index contributed by atoms with van der Waals surface area (Å²) >= 11 is 1.49. The Hall–Kier alpha value is -1.49. The second-order valence-corrected chi connectivity index (χ2v) is 6.62. The Labute approximate surface area is 123 Å². The van der Waals surface area contributed by atoms with Crippen molar-refractivity contribution >= 4 is 23.7 Å². The molecule has 1 aliphatic heterocycles. The largest absolute Gasteiger partial charge is 0.336 e. The number of amides is 3. The maximum absolute atomic E-state index is 12.2. The Balaban J connectivity index is 1.98. The standard InChI is InChI=1S/C15H20N2O2S/c1-10(2)12-4-6-13(7-5-12)20-11(3)14(18)17-9-8-16-15(17)19/h4-7,10-11H,8-9H2,1-3H3,(H,16,19). The Morgan fingerprint density at radius 1 is 1.25 bits per heavy atom. The number of benzene rings is 1. The maximum atomic E-state index is 12.2. The molecule has 1 N–H and O–H groups in total. The van der Waals surface area contributed by atoms with Gasteiger partial charge in [0.2, 0.25) is 5.91 Å². The van der Waals surface area contributed by atoms with Crippen LogP contribution in [0.2, 0.25) is 0 Å². The molecule has 1 aromatic carbocycles. The molecular formula is C15H20N2O2S. The van der Waals surface area contributed by atoms with Gasteiger partial charge in [-0.25, -0.2) is 4.79 Å². The third-order valence-corrected chi connectivity index (χ3v) is 4.43. The summed E-state index contributed by atoms with van der Waals surface area (Å²) < 4.78 is 0. The van der Waals surface area contributed by atoms with E-state index < -0.39 is 0 Å². The van der Waals surface area contributed by atoms with Crippen molar-refractivity contribution in [2.45, 2.75) is 36.8 Å². The van der Waals surface area contributed by atoms with Crippen molar-refractivity contribution < 1.29 is 9.59 Å². The summed E-state index contributed by atoms with van der Waals surface area (Å²) in [6.07, 6.45) is 0. The van der Waals surface area contributed by atoms with Crippen molar-refractivity contribution in [2.75, 3.05) is 13.1 Å². The van der Waals surface area contributed by atoms with Gasteiger partial charge in [-0.15, -0.1) is 11.8 Å². The summed E-state index contributed by atoms with van der Waals surface area (Å²) in [6, 6.07) is 7.97. The van der Waals surface area contributed by atoms with Crippen molar-refractivity contribution in [1.29, 1.82) is 0 Å². The second kappa shape index (κ2) is 6.31. The summed E-state index contributed by atoms with van der Waals surface area (Å²) in [5.41, 5.74) is 1.28. The SMILES string of the molecule is CC(Sc1ccc(C(C)C)cc1)C(=O)N1CCNC1=O. The normalized spacial score (nSPS) is 16.4. The van der Waals surface area contributed by atoms with Crippen LogP contribution in [0.4, 0.5) is 4.79 Å². The first-order valence-corrected chi connectivity index (χ1v) is 7.73. The predicted molar refractivity (Wildman–Crippen MR) is 81.0 cm³/mol. The molecule has 3 amide bonds. The van der Waals surface area contributed by atoms with Gasteiger partial charge in [0.1, 0.15) is 0 Å². The number of thioether (sulfide) groups is 1. The number of carbonyl (C=O) groups is 2. The zero-order valence-electron chi connectivity index (χ0n) is 12.1. The minimum absolute atomic E-state index is 0.127. The van der Waals surface area contributed by atoms with Crippen LogP contribution in [0.3, 0.4) is 0 Å². The van der Waals surface area contributed by atoms with Gasteiger partial charge in [-0.2, -0.15) is 0 Å². The highest BCUT2D eigenvalue weighted by atomic mass is 32.2. The van der Waals surface area contributed by atoms with Crippen molar-refractivity contribution in [3.05, 3.63) is 29.8 Å². The molecule has 1 fully saturated rings. The molecule has 1 aromatic rings. The van der Waals surface area contributed by atoms with Crippen LogP contribution in [0.1, 0.15) is 32.3 Å². The van der Waals surface area contributed by atoms with E-state index in [1.165, 1.54) is 22.2 Å². The number of carbonyl (C=O) groups excluding carboxylic acids is 2. The minimum atomic E-state index is -0.280. The van der Waals surface area contributed by atoms with Gasteiger partial charge < -0.3 is 5.32 Å². The van der Waals surface area contributed by atoms with E-state index in [0.717, 1.165) is 4.90 Å². The van der Waals surface area contributed by atoms with Crippen molar-refractivity contribution in [1.82, 2.24) is 10.2 Å². The van der Waals surface area contributed by atoms with Crippen LogP contribution in [0.5, 0.6) is 0 Å². The van der Waals surface area contributed by atoms with Crippen LogP contribution >= 0.6 is 11.8 Å². The number of hydrogen-bond acceptors (Lipinski definition) is 3. The number of rotatable bonds is 4. The highest BCUT2D eigenvalue weighted by molar-refractivity contribution is 8.00. The zero-order valence-corrected chi connectivity index (χ0v) is 12.9. The van der Waals surface area contributed by atoms with E-state index in [1.54, 1.807) is 0 Å². The molecule has 20 heavy (non-hydrogen) atoms. The molecule has 1 unspecified atom stereocenters. The summed E-state index contributed by atoms with van der Waals surface area (Å²) in [4.78, 5) is 26.0. The smallest absolute Gasteiger partial charge is 0.324 e. The summed E-state index contributed by atoms with van der Waals surface area (Å²) in [5, 5.41) is 2.39. The van der Waals surface area contributed by atoms with Crippen molar-refractivity contribution in [3.8, 4) is 0 Å². The fourth-order valence-electron chi connectivity index (χ4n) is 2.09. The van der Waals surface area contributed by atoms with Crippen LogP contribution in [0.15, 0.2) is 29.2 Å². The van der Waals surface area contributed by atoms with Gasteiger partial charge in [-0.05, 0) is 30.5 Å². The molecule has 0 aliphatic carbocycles. The van der Waals surface area contributed by atoms with E-state index in [0.29, 0.717) is 19.0 Å². The number of nitrogens with one attached hydrogen (secondary N) is 1. The fourth-order valence-corrected chi connectivity index (χ4v) is 3.02. The molecule has 4 nitrogen and oxygen atoms in total. The number of imide groups is 1. The average molecular weight is 292 g/mol. The van der Waals surface area contributed by atoms with Crippen LogP contribution in [0, 0.1) is 0 Å². The third-order valence-electron chi connectivity index (χ3n) is 3.33. The molecule has 5 heteroatoms. The highest BCUT2D eigenvalue weighted by Crippen LogP contribution is 2.26. The van der Waals surface area contributed by atoms with Crippen molar-refractivity contribution in [2.24, 2.45) is 0 Å². The van der Waals surface area contributed by atoms with E-state index in [9.17, 15) is 9.59 Å². The molecule has 1 atom stereocenters. The van der Waals surface area contributed by atoms with Crippen LogP contribution in [-0.2, 0) is 4.79 Å². The molecule has 0 bridgehead atoms. The summed E-state index contributed by atoms with van der Waals surface area (Å²) in [6.45, 7) is 7.16. The van der Waals surface area contributed by atoms with Crippen LogP contribution < -0.4 is 5.32 Å². The van der Waals surface area contributed by atoms with E-state index in [1.807, 2.05) is 19.1 Å². The van der Waals surface area contributed by atoms with Gasteiger partial charge in [0.05, 0.1) is 5.25 Å². The van der Waals surface area contributed by atoms with E-state index in [4.69, 9.17) is 0 Å². The second-order valence-electron chi connectivity index (χ2n) is 5.21. The Bertz CT molecular complexity index is 499. The highest BCUT2D eigenvalue weighted by Gasteiger charge is 2.29. The topological polar surface area (TPSA) is 49.4 Å². The first-order valence-electron chi connectivity index (χ1n) is 6.85. The quantitative estimate of drug-likeness (QED) is 0.868. The van der Waals surface area contributed by atoms with Gasteiger partial charge >= 0.3 is 6.03 Å². The molecule has 1 aliphatic rings. The monoisotopic (exact) mass is 292 g/mol. The fraction of sp³-hybridized carbons (Fsp3) is 0.467. The molecule has 0 radical (unpaired) electrons. The van der Waals surface area contributed by atoms with Gasteiger partial charge in [0.25, 0.3) is 0 Å². The molecule has 2 rings (SSSR count). The lowest BCUT2D eigenvalue weighted by molar-refractivity contribution is -0.126. The molecule has 0 saturated carbocycles. The average Bonchev–Trinajstić information content (AvgIpc) is 2.84. The number of nitrogens with zero attached hydrogens (tertiary/aromatic N) is 1. The van der Waals surface area contributed by atoms with E-state index >= 15 is 0 Å². The first-order chi connectivity index (χ1) is 9.49.